The molecule has 0 amide bonds. The van der Waals surface area contributed by atoms with Crippen molar-refractivity contribution in [2.45, 2.75) is 90.4 Å². The topological polar surface area (TPSA) is 37.3 Å². The standard InChI is InChI=1S/C22H35IO2/c1-19(11-7-4-2-3-5-10-14-22(24)25)12-8-6-9-13-20-15-17-21(23)18-16-20/h15-19H,2-14H2,1H3,(H,24,25). The fourth-order valence-electron chi connectivity index (χ4n) is 3.27. The van der Waals surface area contributed by atoms with Gasteiger partial charge in [0, 0.05) is 9.99 Å². The minimum absolute atomic E-state index is 0.334. The predicted molar refractivity (Wildman–Crippen MR) is 115 cm³/mol. The summed E-state index contributed by atoms with van der Waals surface area (Å²) in [5, 5.41) is 8.59. The lowest BCUT2D eigenvalue weighted by molar-refractivity contribution is -0.137. The molecule has 1 aromatic rings. The Balaban J connectivity index is 1.87. The predicted octanol–water partition coefficient (Wildman–Crippen LogP) is 7.24. The summed E-state index contributed by atoms with van der Waals surface area (Å²) < 4.78 is 1.32. The second-order valence-electron chi connectivity index (χ2n) is 7.38. The fraction of sp³-hybridized carbons (Fsp3) is 0.682. The number of rotatable bonds is 15. The van der Waals surface area contributed by atoms with Crippen molar-refractivity contribution in [1.82, 2.24) is 0 Å². The van der Waals surface area contributed by atoms with Crippen LogP contribution in [0.2, 0.25) is 0 Å². The Labute approximate surface area is 167 Å². The number of carbonyl (C=O) groups is 1. The van der Waals surface area contributed by atoms with Crippen LogP contribution in [-0.2, 0) is 11.2 Å². The second kappa shape index (κ2) is 14.6. The molecule has 1 unspecified atom stereocenters. The Morgan fingerprint density at radius 1 is 0.880 bits per heavy atom. The molecule has 1 N–H and O–H groups in total. The van der Waals surface area contributed by atoms with Crippen LogP contribution in [0.3, 0.4) is 0 Å². The molecule has 142 valence electrons. The van der Waals surface area contributed by atoms with Crippen LogP contribution in [0.15, 0.2) is 24.3 Å². The van der Waals surface area contributed by atoms with E-state index in [1.165, 1.54) is 73.3 Å². The maximum absolute atomic E-state index is 10.4. The van der Waals surface area contributed by atoms with Gasteiger partial charge in [-0.1, -0.05) is 76.8 Å². The first-order valence-corrected chi connectivity index (χ1v) is 11.1. The molecule has 0 heterocycles. The highest BCUT2D eigenvalue weighted by Crippen LogP contribution is 2.18. The van der Waals surface area contributed by atoms with E-state index in [0.29, 0.717) is 6.42 Å². The summed E-state index contributed by atoms with van der Waals surface area (Å²) in [6.07, 6.45) is 15.3. The molecule has 0 fully saturated rings. The molecule has 25 heavy (non-hydrogen) atoms. The van der Waals surface area contributed by atoms with Crippen LogP contribution < -0.4 is 0 Å². The second-order valence-corrected chi connectivity index (χ2v) is 8.63. The maximum Gasteiger partial charge on any atom is 0.303 e. The molecular formula is C22H35IO2. The van der Waals surface area contributed by atoms with Crippen molar-refractivity contribution in [3.05, 3.63) is 33.4 Å². The van der Waals surface area contributed by atoms with E-state index in [1.54, 1.807) is 0 Å². The Kier molecular flexibility index (Phi) is 13.1. The third kappa shape index (κ3) is 13.3. The van der Waals surface area contributed by atoms with E-state index in [9.17, 15) is 4.79 Å². The smallest absolute Gasteiger partial charge is 0.303 e. The molecule has 0 bridgehead atoms. The Hall–Kier alpha value is -0.580. The zero-order valence-corrected chi connectivity index (χ0v) is 18.0. The summed E-state index contributed by atoms with van der Waals surface area (Å²) in [6.45, 7) is 2.39. The van der Waals surface area contributed by atoms with Gasteiger partial charge in [0.15, 0.2) is 0 Å². The van der Waals surface area contributed by atoms with E-state index in [2.05, 4.69) is 53.8 Å². The van der Waals surface area contributed by atoms with Gasteiger partial charge in [-0.15, -0.1) is 0 Å². The molecule has 0 saturated heterocycles. The number of hydrogen-bond acceptors (Lipinski definition) is 1. The van der Waals surface area contributed by atoms with E-state index in [4.69, 9.17) is 5.11 Å². The van der Waals surface area contributed by atoms with Crippen molar-refractivity contribution in [1.29, 1.82) is 0 Å². The number of aryl methyl sites for hydroxylation is 1. The zero-order valence-electron chi connectivity index (χ0n) is 15.8. The maximum atomic E-state index is 10.4. The third-order valence-electron chi connectivity index (χ3n) is 4.91. The van der Waals surface area contributed by atoms with Gasteiger partial charge in [-0.05, 0) is 65.5 Å². The van der Waals surface area contributed by atoms with Crippen LogP contribution >= 0.6 is 22.6 Å². The van der Waals surface area contributed by atoms with Crippen molar-refractivity contribution in [3.63, 3.8) is 0 Å². The molecule has 0 saturated carbocycles. The number of halogens is 1. The van der Waals surface area contributed by atoms with Gasteiger partial charge in [-0.25, -0.2) is 0 Å². The van der Waals surface area contributed by atoms with Crippen LogP contribution in [0.4, 0.5) is 0 Å². The molecule has 0 aliphatic carbocycles. The summed E-state index contributed by atoms with van der Waals surface area (Å²) in [5.74, 6) is 0.192. The van der Waals surface area contributed by atoms with E-state index in [-0.39, 0.29) is 0 Å². The summed E-state index contributed by atoms with van der Waals surface area (Å²) in [6, 6.07) is 8.91. The lowest BCUT2D eigenvalue weighted by Gasteiger charge is -2.11. The zero-order chi connectivity index (χ0) is 18.3. The summed E-state index contributed by atoms with van der Waals surface area (Å²) >= 11 is 2.36. The van der Waals surface area contributed by atoms with Crippen LogP contribution in [0.1, 0.15) is 89.5 Å². The normalized spacial score (nSPS) is 12.2. The molecule has 0 radical (unpaired) electrons. The van der Waals surface area contributed by atoms with Crippen LogP contribution in [0.5, 0.6) is 0 Å². The van der Waals surface area contributed by atoms with Crippen molar-refractivity contribution >= 4 is 28.6 Å². The van der Waals surface area contributed by atoms with E-state index < -0.39 is 5.97 Å². The van der Waals surface area contributed by atoms with E-state index in [1.807, 2.05) is 0 Å². The number of hydrogen-bond donors (Lipinski definition) is 1. The highest BCUT2D eigenvalue weighted by atomic mass is 127. The minimum Gasteiger partial charge on any atom is -0.481 e. The summed E-state index contributed by atoms with van der Waals surface area (Å²) in [7, 11) is 0. The van der Waals surface area contributed by atoms with Gasteiger partial charge >= 0.3 is 5.97 Å². The van der Waals surface area contributed by atoms with Gasteiger partial charge in [0.2, 0.25) is 0 Å². The Bertz CT molecular complexity index is 456. The first-order valence-electron chi connectivity index (χ1n) is 10.0. The van der Waals surface area contributed by atoms with Crippen LogP contribution in [0, 0.1) is 9.49 Å². The lowest BCUT2D eigenvalue weighted by atomic mass is 9.95. The van der Waals surface area contributed by atoms with Gasteiger partial charge in [0.25, 0.3) is 0 Å². The Morgan fingerprint density at radius 3 is 2.00 bits per heavy atom. The monoisotopic (exact) mass is 458 g/mol. The van der Waals surface area contributed by atoms with Crippen molar-refractivity contribution in [3.8, 4) is 0 Å². The van der Waals surface area contributed by atoms with Gasteiger partial charge < -0.3 is 5.11 Å². The average Bonchev–Trinajstić information content (AvgIpc) is 2.58. The highest BCUT2D eigenvalue weighted by molar-refractivity contribution is 14.1. The fourth-order valence-corrected chi connectivity index (χ4v) is 3.63. The SMILES string of the molecule is CC(CCCCCCCCC(=O)O)CCCCCc1ccc(I)cc1. The molecule has 1 atom stereocenters. The molecule has 0 aliphatic heterocycles. The molecular weight excluding hydrogens is 423 g/mol. The summed E-state index contributed by atoms with van der Waals surface area (Å²) in [4.78, 5) is 10.4. The molecule has 1 rings (SSSR count). The number of unbranched alkanes of at least 4 members (excludes halogenated alkanes) is 7. The highest BCUT2D eigenvalue weighted by Gasteiger charge is 2.03. The molecule has 0 aliphatic rings. The number of carboxylic acid groups (broad SMARTS) is 1. The van der Waals surface area contributed by atoms with E-state index >= 15 is 0 Å². The number of carboxylic acids is 1. The molecule has 1 aromatic carbocycles. The lowest BCUT2D eigenvalue weighted by Crippen LogP contribution is -1.96. The molecule has 3 heteroatoms. The number of benzene rings is 1. The average molecular weight is 458 g/mol. The van der Waals surface area contributed by atoms with Crippen LogP contribution in [-0.4, -0.2) is 11.1 Å². The molecule has 2 nitrogen and oxygen atoms in total. The van der Waals surface area contributed by atoms with Crippen molar-refractivity contribution in [2.75, 3.05) is 0 Å². The van der Waals surface area contributed by atoms with E-state index in [0.717, 1.165) is 18.8 Å². The van der Waals surface area contributed by atoms with Gasteiger partial charge in [-0.3, -0.25) is 4.79 Å². The third-order valence-corrected chi connectivity index (χ3v) is 5.63. The van der Waals surface area contributed by atoms with Crippen molar-refractivity contribution < 1.29 is 9.90 Å². The van der Waals surface area contributed by atoms with Crippen molar-refractivity contribution in [2.24, 2.45) is 5.92 Å². The minimum atomic E-state index is -0.660. The van der Waals surface area contributed by atoms with Crippen LogP contribution in [0.25, 0.3) is 0 Å². The van der Waals surface area contributed by atoms with Gasteiger partial charge in [-0.2, -0.15) is 0 Å². The van der Waals surface area contributed by atoms with Gasteiger partial charge in [0.05, 0.1) is 0 Å². The molecule has 0 spiro atoms. The summed E-state index contributed by atoms with van der Waals surface area (Å²) in [5.41, 5.74) is 1.47. The molecule has 0 aromatic heterocycles. The number of aliphatic carboxylic acids is 1. The quantitative estimate of drug-likeness (QED) is 0.222. The first kappa shape index (κ1) is 22.5. The largest absolute Gasteiger partial charge is 0.481 e. The van der Waals surface area contributed by atoms with Gasteiger partial charge in [0.1, 0.15) is 0 Å². The first-order chi connectivity index (χ1) is 12.1. The Morgan fingerprint density at radius 2 is 1.40 bits per heavy atom.